The fourth-order valence-corrected chi connectivity index (χ4v) is 2.50. The predicted molar refractivity (Wildman–Crippen MR) is 68.9 cm³/mol. The first-order valence-electron chi connectivity index (χ1n) is 6.82. The molecule has 8 heteroatoms. The van der Waals surface area contributed by atoms with Crippen molar-refractivity contribution in [1.82, 2.24) is 4.81 Å². The Morgan fingerprint density at radius 1 is 1.25 bits per heavy atom. The minimum atomic E-state index is -5.02. The third-order valence-corrected chi connectivity index (χ3v) is 3.83. The van der Waals surface area contributed by atoms with Gasteiger partial charge in [-0.15, -0.1) is 0 Å². The van der Waals surface area contributed by atoms with Crippen LogP contribution in [0.5, 0.6) is 0 Å². The zero-order valence-corrected chi connectivity index (χ0v) is 11.8. The fourth-order valence-electron chi connectivity index (χ4n) is 2.50. The number of ether oxygens (including phenoxy) is 1. The second-order valence-corrected chi connectivity index (χ2v) is 5.28. The lowest BCUT2D eigenvalue weighted by molar-refractivity contribution is -0.159. The number of piperidine rings is 1. The van der Waals surface area contributed by atoms with E-state index in [2.05, 4.69) is 0 Å². The van der Waals surface area contributed by atoms with Crippen LogP contribution in [-0.2, 0) is 14.3 Å². The van der Waals surface area contributed by atoms with Crippen LogP contribution in [0.3, 0.4) is 0 Å². The molecule has 4 nitrogen and oxygen atoms in total. The highest BCUT2D eigenvalue weighted by Crippen LogP contribution is 2.39. The Morgan fingerprint density at radius 3 is 2.20 bits per heavy atom. The van der Waals surface area contributed by atoms with Crippen LogP contribution in [0.15, 0.2) is 0 Å². The van der Waals surface area contributed by atoms with Gasteiger partial charge in [0.05, 0.1) is 12.0 Å². The smallest absolute Gasteiger partial charge is 0.466 e. The van der Waals surface area contributed by atoms with E-state index in [4.69, 9.17) is 4.74 Å². The van der Waals surface area contributed by atoms with E-state index in [0.717, 1.165) is 0 Å². The number of carbonyl (C=O) groups excluding carboxylic acids is 2. The minimum absolute atomic E-state index is 0.0730. The van der Waals surface area contributed by atoms with Crippen LogP contribution >= 0.6 is 0 Å². The molecular weight excluding hydrogens is 274 g/mol. The van der Waals surface area contributed by atoms with E-state index < -0.39 is 18.5 Å². The molecule has 20 heavy (non-hydrogen) atoms. The number of hydrogen-bond acceptors (Lipinski definition) is 4. The van der Waals surface area contributed by atoms with Crippen molar-refractivity contribution < 1.29 is 27.3 Å². The highest BCUT2D eigenvalue weighted by Gasteiger charge is 2.45. The van der Waals surface area contributed by atoms with Crippen LogP contribution in [0.1, 0.15) is 39.5 Å². The first kappa shape index (κ1) is 17.0. The first-order valence-corrected chi connectivity index (χ1v) is 6.82. The van der Waals surface area contributed by atoms with Gasteiger partial charge < -0.3 is 27.3 Å². The quantitative estimate of drug-likeness (QED) is 0.557. The van der Waals surface area contributed by atoms with Crippen LogP contribution in [-0.4, -0.2) is 43.4 Å². The molecule has 1 aliphatic rings. The summed E-state index contributed by atoms with van der Waals surface area (Å²) in [6, 6.07) is 0. The zero-order chi connectivity index (χ0) is 15.4. The van der Waals surface area contributed by atoms with Crippen molar-refractivity contribution >= 4 is 18.9 Å². The van der Waals surface area contributed by atoms with Crippen molar-refractivity contribution in [3.63, 3.8) is 0 Å². The molecule has 0 aromatic rings. The van der Waals surface area contributed by atoms with Crippen molar-refractivity contribution in [2.45, 2.75) is 39.5 Å². The Morgan fingerprint density at radius 2 is 1.80 bits per heavy atom. The maximum absolute atomic E-state index is 12.7. The van der Waals surface area contributed by atoms with E-state index in [-0.39, 0.29) is 51.2 Å². The minimum Gasteiger partial charge on any atom is -0.466 e. The fraction of sp³-hybridized carbons (Fsp3) is 0.833. The molecule has 1 saturated heterocycles. The summed E-state index contributed by atoms with van der Waals surface area (Å²) in [7, 11) is -5.02. The van der Waals surface area contributed by atoms with E-state index in [1.165, 1.54) is 6.92 Å². The topological polar surface area (TPSA) is 46.6 Å². The lowest BCUT2D eigenvalue weighted by atomic mass is 9.73. The normalized spacial score (nSPS) is 19.6. The highest BCUT2D eigenvalue weighted by molar-refractivity contribution is 6.55. The molecule has 0 atom stereocenters. The summed E-state index contributed by atoms with van der Waals surface area (Å²) in [4.78, 5) is 23.6. The van der Waals surface area contributed by atoms with Gasteiger partial charge >= 0.3 is 13.1 Å². The van der Waals surface area contributed by atoms with Gasteiger partial charge in [0.1, 0.15) is 5.78 Å². The van der Waals surface area contributed by atoms with Gasteiger partial charge in [0.2, 0.25) is 0 Å². The molecule has 0 radical (unpaired) electrons. The van der Waals surface area contributed by atoms with Gasteiger partial charge in [0.25, 0.3) is 0 Å². The molecule has 0 aromatic heterocycles. The molecule has 0 N–H and O–H groups in total. The van der Waals surface area contributed by atoms with E-state index in [1.807, 2.05) is 0 Å². The number of Topliss-reactive ketones (excluding diaryl/α,β-unsaturated/α-hetero) is 1. The van der Waals surface area contributed by atoms with E-state index in [9.17, 15) is 22.5 Å². The molecule has 0 aliphatic carbocycles. The lowest BCUT2D eigenvalue weighted by Gasteiger charge is -2.44. The number of hydrogen-bond donors (Lipinski definition) is 0. The average Bonchev–Trinajstić information content (AvgIpc) is 2.36. The second-order valence-electron chi connectivity index (χ2n) is 5.28. The number of ketones is 1. The first-order chi connectivity index (χ1) is 9.21. The molecule has 116 valence electrons. The molecule has 1 heterocycles. The van der Waals surface area contributed by atoms with Gasteiger partial charge in [-0.2, -0.15) is 0 Å². The van der Waals surface area contributed by atoms with E-state index in [0.29, 0.717) is 4.81 Å². The van der Waals surface area contributed by atoms with Crippen LogP contribution in [0, 0.1) is 5.41 Å². The molecule has 1 fully saturated rings. The molecule has 0 unspecified atom stereocenters. The highest BCUT2D eigenvalue weighted by atomic mass is 19.4. The molecule has 0 aromatic carbocycles. The maximum Gasteiger partial charge on any atom is 0.567 e. The van der Waals surface area contributed by atoms with Crippen LogP contribution < -0.4 is 0 Å². The summed E-state index contributed by atoms with van der Waals surface area (Å²) in [6.07, 6.45) is 0.622. The molecule has 0 spiro atoms. The Kier molecular flexibility index (Phi) is 5.62. The molecule has 0 saturated carbocycles. The van der Waals surface area contributed by atoms with Crippen molar-refractivity contribution in [3.05, 3.63) is 0 Å². The van der Waals surface area contributed by atoms with Gasteiger partial charge in [-0.05, 0) is 46.2 Å². The third-order valence-electron chi connectivity index (χ3n) is 3.83. The Balaban J connectivity index is 2.77. The molecular formula is C12H20BF3NO3-. The number of carbonyl (C=O) groups is 2. The zero-order valence-electron chi connectivity index (χ0n) is 11.8. The molecule has 1 rings (SSSR count). The summed E-state index contributed by atoms with van der Waals surface area (Å²) in [5.41, 5.74) is -0.945. The SMILES string of the molecule is CCOC(=O)C1(CCC(C)=O)CCN([B-](F)(F)F)CC1. The number of esters is 1. The van der Waals surface area contributed by atoms with Gasteiger partial charge in [-0.25, -0.2) is 0 Å². The van der Waals surface area contributed by atoms with E-state index >= 15 is 0 Å². The Labute approximate surface area is 116 Å². The monoisotopic (exact) mass is 294 g/mol. The summed E-state index contributed by atoms with van der Waals surface area (Å²) in [5.74, 6) is -0.549. The van der Waals surface area contributed by atoms with Gasteiger partial charge in [-0.3, -0.25) is 4.79 Å². The van der Waals surface area contributed by atoms with Crippen molar-refractivity contribution in [3.8, 4) is 0 Å². The molecule has 0 amide bonds. The lowest BCUT2D eigenvalue weighted by Crippen LogP contribution is -2.52. The number of rotatable bonds is 6. The third kappa shape index (κ3) is 4.23. The Hall–Kier alpha value is -1.05. The van der Waals surface area contributed by atoms with Crippen molar-refractivity contribution in [1.29, 1.82) is 0 Å². The summed E-state index contributed by atoms with van der Waals surface area (Å²) >= 11 is 0. The predicted octanol–water partition coefficient (Wildman–Crippen LogP) is 2.35. The summed E-state index contributed by atoms with van der Waals surface area (Å²) in [5, 5.41) is 0. The van der Waals surface area contributed by atoms with Crippen molar-refractivity contribution in [2.75, 3.05) is 19.7 Å². The average molecular weight is 294 g/mol. The van der Waals surface area contributed by atoms with E-state index in [1.54, 1.807) is 6.92 Å². The van der Waals surface area contributed by atoms with Crippen LogP contribution in [0.2, 0.25) is 0 Å². The summed E-state index contributed by atoms with van der Waals surface area (Å²) in [6.45, 7) is 2.84. The van der Waals surface area contributed by atoms with Gasteiger partial charge in [0, 0.05) is 6.42 Å². The van der Waals surface area contributed by atoms with Crippen molar-refractivity contribution in [2.24, 2.45) is 5.41 Å². The number of halogens is 3. The van der Waals surface area contributed by atoms with Crippen LogP contribution in [0.25, 0.3) is 0 Å². The molecule has 0 bridgehead atoms. The number of nitrogens with zero attached hydrogens (tertiary/aromatic N) is 1. The maximum atomic E-state index is 12.7. The largest absolute Gasteiger partial charge is 0.567 e. The second kappa shape index (κ2) is 6.60. The van der Waals surface area contributed by atoms with Crippen LogP contribution in [0.4, 0.5) is 12.9 Å². The molecule has 1 aliphatic heterocycles. The standard InChI is InChI=1S/C12H20BF3NO3/c1-3-20-11(19)12(5-4-10(2)18)6-8-17(9-7-12)13(14,15)16/h3-9H2,1-2H3/q-1. The summed E-state index contributed by atoms with van der Waals surface area (Å²) < 4.78 is 43.0. The van der Waals surface area contributed by atoms with Gasteiger partial charge in [-0.1, -0.05) is 0 Å². The Bertz CT molecular complexity index is 365. The van der Waals surface area contributed by atoms with Gasteiger partial charge in [0.15, 0.2) is 0 Å².